The van der Waals surface area contributed by atoms with E-state index in [1.165, 1.54) is 0 Å². The van der Waals surface area contributed by atoms with Crippen molar-refractivity contribution in [1.29, 1.82) is 0 Å². The molecule has 0 aromatic carbocycles. The normalized spacial score (nSPS) is 14.8. The van der Waals surface area contributed by atoms with Crippen molar-refractivity contribution >= 4 is 113 Å². The summed E-state index contributed by atoms with van der Waals surface area (Å²) in [6.07, 6.45) is 0. The second kappa shape index (κ2) is 7.72. The molecule has 0 aromatic heterocycles. The molecule has 2 nitrogen and oxygen atoms in total. The van der Waals surface area contributed by atoms with Gasteiger partial charge >= 0.3 is 170 Å². The first kappa shape index (κ1) is 23.4. The van der Waals surface area contributed by atoms with Gasteiger partial charge in [-0.15, -0.1) is 0 Å². The molecule has 0 aliphatic rings. The molecule has 0 aliphatic heterocycles. The van der Waals surface area contributed by atoms with Crippen molar-refractivity contribution in [2.75, 3.05) is 6.61 Å². The summed E-state index contributed by atoms with van der Waals surface area (Å²) in [5, 5.41) is 0. The third-order valence-corrected chi connectivity index (χ3v) is 28.9. The minimum absolute atomic E-state index is 0.413. The van der Waals surface area contributed by atoms with E-state index < -0.39 is 39.0 Å². The van der Waals surface area contributed by atoms with Gasteiger partial charge in [-0.05, 0) is 0 Å². The molecule has 0 amide bonds. The van der Waals surface area contributed by atoms with Gasteiger partial charge in [-0.2, -0.15) is 0 Å². The van der Waals surface area contributed by atoms with Gasteiger partial charge in [0, 0.05) is 0 Å². The van der Waals surface area contributed by atoms with Gasteiger partial charge in [0.25, 0.3) is 0 Å². The Hall–Kier alpha value is 3.37. The molecule has 120 valence electrons. The molecule has 20 heavy (non-hydrogen) atoms. The predicted octanol–water partition coefficient (Wildman–Crippen LogP) is 6.86. The van der Waals surface area contributed by atoms with Crippen LogP contribution < -0.4 is 0 Å². The van der Waals surface area contributed by atoms with Crippen LogP contribution in [-0.4, -0.2) is 23.5 Å². The summed E-state index contributed by atoms with van der Waals surface area (Å²) >= 11 is 47.8. The van der Waals surface area contributed by atoms with Crippen molar-refractivity contribution in [3.63, 3.8) is 0 Å². The molecule has 0 rings (SSSR count). The summed E-state index contributed by atoms with van der Waals surface area (Å²) in [4.78, 5) is 0. The van der Waals surface area contributed by atoms with E-state index in [0.717, 1.165) is 0 Å². The van der Waals surface area contributed by atoms with Gasteiger partial charge in [0.2, 0.25) is 0 Å². The van der Waals surface area contributed by atoms with E-state index in [1.807, 2.05) is 19.6 Å². The second-order valence-electron chi connectivity index (χ2n) is 5.32. The Morgan fingerprint density at radius 2 is 1.15 bits per heavy atom. The second-order valence-corrected chi connectivity index (χ2v) is 33.8. The molecule has 0 saturated heterocycles. The van der Waals surface area contributed by atoms with E-state index in [9.17, 15) is 0 Å². The van der Waals surface area contributed by atoms with Crippen LogP contribution >= 0.6 is 104 Å². The third-order valence-electron chi connectivity index (χ3n) is 2.25. The van der Waals surface area contributed by atoms with Crippen LogP contribution in [0, 0.1) is 0 Å². The zero-order valence-electron chi connectivity index (χ0n) is 10.6. The molecule has 0 spiro atoms. The monoisotopic (exact) mass is 534 g/mol. The standard InChI is InChI=1S/C3H9OSi.C2H2Cl3O.2CCl3.Zn/c1-5(2,3)4;3-2(4,5)1-6;2*2-1(3)4;/h1-3H3;1H2;;;/q2*-1;;;+2. The molecule has 0 bridgehead atoms. The zero-order valence-corrected chi connectivity index (χ0v) is 21.4. The molecule has 13 heteroatoms. The van der Waals surface area contributed by atoms with Crippen molar-refractivity contribution in [3.8, 4) is 0 Å². The Bertz CT molecular complexity index is 315. The van der Waals surface area contributed by atoms with E-state index in [0.29, 0.717) is 0 Å². The van der Waals surface area contributed by atoms with Crippen LogP contribution in [-0.2, 0) is 22.3 Å². The van der Waals surface area contributed by atoms with E-state index in [-0.39, 0.29) is 0 Å². The van der Waals surface area contributed by atoms with Crippen LogP contribution in [0.5, 0.6) is 0 Å². The summed E-state index contributed by atoms with van der Waals surface area (Å²) in [7, 11) is -2.27. The van der Waals surface area contributed by atoms with Crippen molar-refractivity contribution < 1.29 is 22.3 Å². The number of hydrogen-bond acceptors (Lipinski definition) is 2. The van der Waals surface area contributed by atoms with Crippen LogP contribution in [0.15, 0.2) is 0 Å². The molecule has 0 radical (unpaired) electrons. The minimum atomic E-state index is -5.08. The third kappa shape index (κ3) is 7.51. The van der Waals surface area contributed by atoms with Crippen LogP contribution in [0.3, 0.4) is 0 Å². The molecule has 0 heterocycles. The van der Waals surface area contributed by atoms with E-state index >= 15 is 0 Å². The van der Waals surface area contributed by atoms with Gasteiger partial charge in [-0.25, -0.2) is 0 Å². The number of rotatable bonds is 4. The molecule has 0 N–H and O–H groups in total. The summed E-state index contributed by atoms with van der Waals surface area (Å²) in [6, 6.07) is 0. The first-order valence-corrected chi connectivity index (χ1v) is 17.5. The fourth-order valence-corrected chi connectivity index (χ4v) is 34.6. The van der Waals surface area contributed by atoms with Crippen molar-refractivity contribution in [2.45, 2.75) is 28.2 Å². The number of halogens is 9. The predicted molar refractivity (Wildman–Crippen MR) is 91.3 cm³/mol. The van der Waals surface area contributed by atoms with Gasteiger partial charge in [0.1, 0.15) is 0 Å². The van der Waals surface area contributed by atoms with E-state index in [1.54, 1.807) is 0 Å². The molecule has 0 aromatic rings. The zero-order chi connectivity index (χ0) is 16.6. The fraction of sp³-hybridized carbons (Fsp3) is 1.00. The quantitative estimate of drug-likeness (QED) is 0.287. The van der Waals surface area contributed by atoms with Crippen LogP contribution in [0.25, 0.3) is 0 Å². The SMILES string of the molecule is C[Si](C)(C)[O][Zn]([O]CC(Cl)(Cl)Cl)([C](Cl)(Cl)Cl)[C](Cl)(Cl)Cl. The average molecular weight is 540 g/mol. The molecule has 0 atom stereocenters. The molecular weight excluding hydrogens is 529 g/mol. The maximum atomic E-state index is 5.99. The van der Waals surface area contributed by atoms with Crippen molar-refractivity contribution in [1.82, 2.24) is 0 Å². The van der Waals surface area contributed by atoms with Gasteiger partial charge < -0.3 is 0 Å². The van der Waals surface area contributed by atoms with Crippen LogP contribution in [0.2, 0.25) is 19.6 Å². The number of alkyl halides is 9. The summed E-state index contributed by atoms with van der Waals surface area (Å²) in [5.74, 6) is 0. The Morgan fingerprint density at radius 1 is 0.800 bits per heavy atom. The fourth-order valence-electron chi connectivity index (χ4n) is 1.53. The van der Waals surface area contributed by atoms with Crippen molar-refractivity contribution in [2.24, 2.45) is 0 Å². The molecular formula is C7H11Cl9O2SiZn. The summed E-state index contributed by atoms with van der Waals surface area (Å²) in [5.41, 5.74) is 0. The van der Waals surface area contributed by atoms with Gasteiger partial charge in [0.05, 0.1) is 0 Å². The Kier molecular flexibility index (Phi) is 9.02. The average Bonchev–Trinajstić information content (AvgIpc) is 2.04. The Labute approximate surface area is 168 Å². The Morgan fingerprint density at radius 3 is 1.35 bits per heavy atom. The van der Waals surface area contributed by atoms with Crippen molar-refractivity contribution in [3.05, 3.63) is 0 Å². The van der Waals surface area contributed by atoms with Gasteiger partial charge in [-0.3, -0.25) is 0 Å². The molecule has 0 fully saturated rings. The number of hydrogen-bond donors (Lipinski definition) is 0. The molecule has 0 saturated carbocycles. The first-order chi connectivity index (χ1) is 8.41. The molecule has 0 unspecified atom stereocenters. The van der Waals surface area contributed by atoms with Gasteiger partial charge in [0.15, 0.2) is 0 Å². The van der Waals surface area contributed by atoms with Gasteiger partial charge in [-0.1, -0.05) is 0 Å². The topological polar surface area (TPSA) is 18.5 Å². The Balaban J connectivity index is 5.71. The van der Waals surface area contributed by atoms with E-state index in [2.05, 4.69) is 0 Å². The maximum absolute atomic E-state index is 5.99. The van der Waals surface area contributed by atoms with Crippen LogP contribution in [0.4, 0.5) is 0 Å². The van der Waals surface area contributed by atoms with E-state index in [4.69, 9.17) is 111 Å². The summed E-state index contributed by atoms with van der Waals surface area (Å²) < 4.78 is 5.66. The van der Waals surface area contributed by atoms with Crippen LogP contribution in [0.1, 0.15) is 0 Å². The summed E-state index contributed by atoms with van der Waals surface area (Å²) in [6.45, 7) is 5.11. The molecule has 0 aliphatic carbocycles. The first-order valence-electron chi connectivity index (χ1n) is 5.33.